The Morgan fingerprint density at radius 1 is 0.889 bits per heavy atom. The van der Waals surface area contributed by atoms with Crippen LogP contribution in [0.2, 0.25) is 0 Å². The largest absolute Gasteiger partial charge is 0.493 e. The van der Waals surface area contributed by atoms with Gasteiger partial charge < -0.3 is 14.6 Å². The number of para-hydroxylation sites is 1. The molecule has 1 saturated heterocycles. The van der Waals surface area contributed by atoms with Gasteiger partial charge in [-0.3, -0.25) is 14.5 Å². The van der Waals surface area contributed by atoms with Crippen LogP contribution in [0.3, 0.4) is 0 Å². The van der Waals surface area contributed by atoms with Crippen LogP contribution in [0.4, 0.5) is 0 Å². The molecule has 1 aliphatic carbocycles. The van der Waals surface area contributed by atoms with Crippen molar-refractivity contribution in [1.82, 2.24) is 4.90 Å². The Bertz CT molecular complexity index is 988. The molecule has 2 atom stereocenters. The molecule has 0 radical (unpaired) electrons. The maximum absolute atomic E-state index is 13.5. The second kappa shape index (κ2) is 12.9. The van der Waals surface area contributed by atoms with E-state index in [4.69, 9.17) is 9.47 Å². The molecular weight excluding hydrogens is 454 g/mol. The van der Waals surface area contributed by atoms with Gasteiger partial charge >= 0.3 is 11.9 Å². The number of carbonyl (C=O) groups excluding carboxylic acids is 1. The van der Waals surface area contributed by atoms with Gasteiger partial charge in [-0.2, -0.15) is 0 Å². The molecule has 1 saturated carbocycles. The monoisotopic (exact) mass is 493 g/mol. The van der Waals surface area contributed by atoms with Crippen LogP contribution in [-0.2, 0) is 27.2 Å². The van der Waals surface area contributed by atoms with E-state index < -0.39 is 17.4 Å². The Kier molecular flexibility index (Phi) is 9.40. The number of aliphatic carboxylic acids is 1. The van der Waals surface area contributed by atoms with Crippen LogP contribution in [0, 0.1) is 5.92 Å². The van der Waals surface area contributed by atoms with Crippen LogP contribution >= 0.6 is 0 Å². The maximum Gasteiger partial charge on any atom is 0.327 e. The minimum atomic E-state index is -1.03. The van der Waals surface area contributed by atoms with E-state index in [0.717, 1.165) is 69.3 Å². The van der Waals surface area contributed by atoms with Gasteiger partial charge in [0.15, 0.2) is 0 Å². The smallest absolute Gasteiger partial charge is 0.327 e. The van der Waals surface area contributed by atoms with Gasteiger partial charge in [0.25, 0.3) is 0 Å². The zero-order valence-corrected chi connectivity index (χ0v) is 21.2. The first-order chi connectivity index (χ1) is 17.6. The summed E-state index contributed by atoms with van der Waals surface area (Å²) in [5, 5.41) is 9.98. The number of likely N-dealkylation sites (tertiary alicyclic amines) is 1. The molecule has 1 aliphatic heterocycles. The molecule has 2 aromatic rings. The summed E-state index contributed by atoms with van der Waals surface area (Å²) in [6.45, 7) is 2.20. The second-order valence-electron chi connectivity index (χ2n) is 10.0. The van der Waals surface area contributed by atoms with Gasteiger partial charge in [-0.1, -0.05) is 67.8 Å². The first kappa shape index (κ1) is 26.2. The van der Waals surface area contributed by atoms with E-state index >= 15 is 0 Å². The number of aryl methyl sites for hydroxylation is 2. The predicted octanol–water partition coefficient (Wildman–Crippen LogP) is 5.28. The number of carboxylic acids is 1. The standard InChI is InChI=1S/C30H39NO5/c32-28(33)26-15-7-8-19-30(26,31-20-9-2-10-21-31)29(34)36-23-11-22-35-27-16-6-5-14-25(27)18-17-24-12-3-1-4-13-24/h1,3-6,12-14,16,26H,2,7-11,15,17-23H2,(H,32,33). The van der Waals surface area contributed by atoms with E-state index in [0.29, 0.717) is 25.9 Å². The van der Waals surface area contributed by atoms with E-state index in [9.17, 15) is 14.7 Å². The third-order valence-corrected chi connectivity index (χ3v) is 7.73. The van der Waals surface area contributed by atoms with Crippen molar-refractivity contribution in [3.05, 3.63) is 65.7 Å². The molecule has 0 amide bonds. The zero-order valence-electron chi connectivity index (χ0n) is 21.2. The van der Waals surface area contributed by atoms with Crippen molar-refractivity contribution in [1.29, 1.82) is 0 Å². The van der Waals surface area contributed by atoms with Gasteiger partial charge in [0.2, 0.25) is 0 Å². The van der Waals surface area contributed by atoms with Crippen LogP contribution < -0.4 is 4.74 Å². The third-order valence-electron chi connectivity index (χ3n) is 7.73. The summed E-state index contributed by atoms with van der Waals surface area (Å²) in [6, 6.07) is 18.5. The number of hydrogen-bond donors (Lipinski definition) is 1. The highest BCUT2D eigenvalue weighted by Gasteiger charge is 2.55. The van der Waals surface area contributed by atoms with E-state index in [1.54, 1.807) is 0 Å². The Balaban J connectivity index is 1.31. The minimum Gasteiger partial charge on any atom is -0.493 e. The molecular formula is C30H39NO5. The van der Waals surface area contributed by atoms with E-state index in [1.165, 1.54) is 5.56 Å². The Morgan fingerprint density at radius 2 is 1.64 bits per heavy atom. The highest BCUT2D eigenvalue weighted by molar-refractivity contribution is 5.88. The predicted molar refractivity (Wildman–Crippen MR) is 139 cm³/mol. The van der Waals surface area contributed by atoms with Crippen molar-refractivity contribution in [2.45, 2.75) is 69.7 Å². The van der Waals surface area contributed by atoms with Crippen molar-refractivity contribution in [2.24, 2.45) is 5.92 Å². The Labute approximate surface area is 214 Å². The van der Waals surface area contributed by atoms with Crippen molar-refractivity contribution in [3.8, 4) is 5.75 Å². The highest BCUT2D eigenvalue weighted by atomic mass is 16.5. The average Bonchev–Trinajstić information content (AvgIpc) is 2.93. The number of rotatable bonds is 11. The van der Waals surface area contributed by atoms with Crippen LogP contribution in [0.5, 0.6) is 5.75 Å². The van der Waals surface area contributed by atoms with Crippen LogP contribution in [0.15, 0.2) is 54.6 Å². The van der Waals surface area contributed by atoms with E-state index in [2.05, 4.69) is 35.2 Å². The quantitative estimate of drug-likeness (QED) is 0.339. The summed E-state index contributed by atoms with van der Waals surface area (Å²) >= 11 is 0. The Hall–Kier alpha value is -2.86. The number of benzene rings is 2. The van der Waals surface area contributed by atoms with Crippen molar-refractivity contribution in [3.63, 3.8) is 0 Å². The summed E-state index contributed by atoms with van der Waals surface area (Å²) in [7, 11) is 0. The number of carbonyl (C=O) groups is 2. The average molecular weight is 494 g/mol. The lowest BCUT2D eigenvalue weighted by Gasteiger charge is -2.48. The SMILES string of the molecule is O=C(O)C1CCCCC1(C(=O)OCCCOc1ccccc1CCc1ccccc1)N1CCCCC1. The normalized spacial score (nSPS) is 22.6. The van der Waals surface area contributed by atoms with Gasteiger partial charge in [0, 0.05) is 6.42 Å². The van der Waals surface area contributed by atoms with Gasteiger partial charge in [-0.05, 0) is 68.8 Å². The molecule has 2 aliphatic rings. The molecule has 0 spiro atoms. The van der Waals surface area contributed by atoms with Gasteiger partial charge in [0.05, 0.1) is 19.1 Å². The molecule has 194 valence electrons. The van der Waals surface area contributed by atoms with Crippen LogP contribution in [-0.4, -0.2) is 53.8 Å². The number of ether oxygens (including phenoxy) is 2. The topological polar surface area (TPSA) is 76.1 Å². The number of nitrogens with zero attached hydrogens (tertiary/aromatic N) is 1. The molecule has 2 aromatic carbocycles. The molecule has 6 nitrogen and oxygen atoms in total. The fraction of sp³-hybridized carbons (Fsp3) is 0.533. The lowest BCUT2D eigenvalue weighted by Crippen LogP contribution is -2.64. The number of hydrogen-bond acceptors (Lipinski definition) is 5. The first-order valence-corrected chi connectivity index (χ1v) is 13.5. The number of carboxylic acid groups (broad SMARTS) is 1. The number of esters is 1. The zero-order chi connectivity index (χ0) is 25.2. The van der Waals surface area contributed by atoms with Gasteiger partial charge in [-0.25, -0.2) is 0 Å². The van der Waals surface area contributed by atoms with Crippen LogP contribution in [0.1, 0.15) is 62.5 Å². The van der Waals surface area contributed by atoms with E-state index in [1.807, 2.05) is 24.3 Å². The summed E-state index contributed by atoms with van der Waals surface area (Å²) in [5.41, 5.74) is 1.42. The first-order valence-electron chi connectivity index (χ1n) is 13.5. The summed E-state index contributed by atoms with van der Waals surface area (Å²) in [6.07, 6.45) is 8.33. The van der Waals surface area contributed by atoms with Gasteiger partial charge in [-0.15, -0.1) is 0 Å². The van der Waals surface area contributed by atoms with Crippen molar-refractivity contribution >= 4 is 11.9 Å². The van der Waals surface area contributed by atoms with Crippen LogP contribution in [0.25, 0.3) is 0 Å². The highest BCUT2D eigenvalue weighted by Crippen LogP contribution is 2.41. The maximum atomic E-state index is 13.5. The second-order valence-corrected chi connectivity index (χ2v) is 10.0. The summed E-state index contributed by atoms with van der Waals surface area (Å²) < 4.78 is 11.8. The summed E-state index contributed by atoms with van der Waals surface area (Å²) in [5.74, 6) is -1.08. The Morgan fingerprint density at radius 3 is 2.42 bits per heavy atom. The molecule has 2 unspecified atom stereocenters. The number of piperidine rings is 1. The van der Waals surface area contributed by atoms with Crippen molar-refractivity contribution < 1.29 is 24.2 Å². The molecule has 36 heavy (non-hydrogen) atoms. The lowest BCUT2D eigenvalue weighted by atomic mass is 9.70. The fourth-order valence-electron chi connectivity index (χ4n) is 5.83. The molecule has 6 heteroatoms. The van der Waals surface area contributed by atoms with Crippen molar-refractivity contribution in [2.75, 3.05) is 26.3 Å². The summed E-state index contributed by atoms with van der Waals surface area (Å²) in [4.78, 5) is 27.8. The molecule has 1 heterocycles. The minimum absolute atomic E-state index is 0.229. The molecule has 1 N–H and O–H groups in total. The lowest BCUT2D eigenvalue weighted by molar-refractivity contribution is -0.176. The van der Waals surface area contributed by atoms with Gasteiger partial charge in [0.1, 0.15) is 11.3 Å². The third kappa shape index (κ3) is 6.28. The molecule has 0 bridgehead atoms. The molecule has 4 rings (SSSR count). The molecule has 2 fully saturated rings. The molecule has 0 aromatic heterocycles. The van der Waals surface area contributed by atoms with E-state index in [-0.39, 0.29) is 12.6 Å². The fourth-order valence-corrected chi connectivity index (χ4v) is 5.83.